The zero-order valence-corrected chi connectivity index (χ0v) is 23.9. The van der Waals surface area contributed by atoms with E-state index < -0.39 is 9.85 Å². The largest absolute Gasteiger partial charge is 0.269 e. The van der Waals surface area contributed by atoms with E-state index in [1.807, 2.05) is 0 Å². The van der Waals surface area contributed by atoms with Crippen LogP contribution in [0.3, 0.4) is 0 Å². The van der Waals surface area contributed by atoms with Gasteiger partial charge in [-0.3, -0.25) is 30.3 Å². The van der Waals surface area contributed by atoms with E-state index in [9.17, 15) is 30.3 Å². The lowest BCUT2D eigenvalue weighted by molar-refractivity contribution is -0.385. The van der Waals surface area contributed by atoms with Gasteiger partial charge < -0.3 is 0 Å². The van der Waals surface area contributed by atoms with Crippen LogP contribution < -0.4 is 0 Å². The molecule has 0 fully saturated rings. The molecule has 0 heterocycles. The number of benzene rings is 3. The molecule has 0 spiro atoms. The maximum Gasteiger partial charge on any atom is 0.269 e. The van der Waals surface area contributed by atoms with Crippen LogP contribution in [0.25, 0.3) is 0 Å². The van der Waals surface area contributed by atoms with Gasteiger partial charge in [-0.15, -0.1) is 35.0 Å². The molecule has 3 aromatic rings. The van der Waals surface area contributed by atoms with Gasteiger partial charge in [0.1, 0.15) is 0 Å². The Morgan fingerprint density at radius 3 is 1.05 bits per heavy atom. The van der Waals surface area contributed by atoms with Gasteiger partial charge in [-0.1, -0.05) is 42.4 Å². The summed E-state index contributed by atoms with van der Waals surface area (Å²) >= 11 is 11.2. The molecule has 0 saturated heterocycles. The number of nitro benzene ring substituents is 3. The topological polar surface area (TPSA) is 129 Å². The second-order valence-electron chi connectivity index (χ2n) is 7.74. The first-order chi connectivity index (χ1) is 17.4. The molecule has 0 unspecified atom stereocenters. The van der Waals surface area contributed by atoms with Crippen molar-refractivity contribution in [2.24, 2.45) is 0 Å². The summed E-state index contributed by atoms with van der Waals surface area (Å²) in [6.07, 6.45) is 0. The third-order valence-corrected chi connectivity index (χ3v) is 7.34. The Hall–Kier alpha value is -2.51. The van der Waals surface area contributed by atoms with Crippen molar-refractivity contribution in [2.75, 3.05) is 5.34 Å². The lowest BCUT2D eigenvalue weighted by atomic mass is 10.3. The highest BCUT2D eigenvalue weighted by molar-refractivity contribution is 8.76. The average molecular weight is 605 g/mol. The Balaban J connectivity index is 0.000000352. The number of nitrogens with zero attached hydrogens (tertiary/aromatic N) is 3. The molecule has 0 aliphatic heterocycles. The maximum atomic E-state index is 10.5. The first-order valence-corrected chi connectivity index (χ1v) is 14.3. The van der Waals surface area contributed by atoms with Gasteiger partial charge in [0.05, 0.1) is 20.1 Å². The van der Waals surface area contributed by atoms with Gasteiger partial charge in [-0.05, 0) is 36.4 Å². The van der Waals surface area contributed by atoms with Crippen LogP contribution in [0.1, 0.15) is 20.8 Å². The van der Waals surface area contributed by atoms with Crippen molar-refractivity contribution in [3.63, 3.8) is 0 Å². The first kappa shape index (κ1) is 32.5. The van der Waals surface area contributed by atoms with E-state index in [1.54, 1.807) is 48.2 Å². The number of hydrogen-bond donors (Lipinski definition) is 0. The fourth-order valence-electron chi connectivity index (χ4n) is 2.33. The lowest BCUT2D eigenvalue weighted by Gasteiger charge is -2.16. The Morgan fingerprint density at radius 2 is 0.838 bits per heavy atom. The minimum Gasteiger partial charge on any atom is -0.258 e. The van der Waals surface area contributed by atoms with Crippen molar-refractivity contribution in [1.82, 2.24) is 0 Å². The quantitative estimate of drug-likeness (QED) is 0.0851. The average Bonchev–Trinajstić information content (AvgIpc) is 2.83. The summed E-state index contributed by atoms with van der Waals surface area (Å²) in [5.41, 5.74) is 0.243. The molecule has 0 atom stereocenters. The highest BCUT2D eigenvalue weighted by Gasteiger charge is 2.13. The predicted octanol–water partition coefficient (Wildman–Crippen LogP) is 9.21. The van der Waals surface area contributed by atoms with Crippen LogP contribution in [0.15, 0.2) is 87.5 Å². The molecule has 3 rings (SSSR count). The normalized spacial score (nSPS) is 10.3. The van der Waals surface area contributed by atoms with Crippen LogP contribution in [-0.2, 0) is 0 Å². The van der Waals surface area contributed by atoms with Gasteiger partial charge in [0, 0.05) is 55.8 Å². The van der Waals surface area contributed by atoms with Crippen molar-refractivity contribution < 1.29 is 14.8 Å². The van der Waals surface area contributed by atoms with Gasteiger partial charge in [0.2, 0.25) is 0 Å². The van der Waals surface area contributed by atoms with Crippen molar-refractivity contribution >= 4 is 73.6 Å². The molecule has 3 aromatic carbocycles. The molecule has 0 bridgehead atoms. The summed E-state index contributed by atoms with van der Waals surface area (Å²) in [5, 5.41) is 31.6. The van der Waals surface area contributed by atoms with E-state index in [-0.39, 0.29) is 32.1 Å². The molecule has 0 N–H and O–H groups in total. The number of halogens is 2. The molecule has 0 radical (unpaired) electrons. The van der Waals surface area contributed by atoms with Crippen molar-refractivity contribution in [3.8, 4) is 0 Å². The lowest BCUT2D eigenvalue weighted by Crippen LogP contribution is -2.06. The Kier molecular flexibility index (Phi) is 14.4. The smallest absolute Gasteiger partial charge is 0.258 e. The molecular weight excluding hydrogens is 581 g/mol. The Labute approximate surface area is 236 Å². The minimum atomic E-state index is -0.447. The standard InChI is InChI=1S/C12H8N2O4S2.C10H13NO2S.CH2Cl2/c15-13(16)9-1-5-11(6-2-9)19-20-12-7-3-10(4-8-12)14(17)18;1-10(2,3)14-9-6-4-8(5-7-9)11(12)13;2-1-3/h1-8H;4-7H,1-3H3;1H2. The molecule has 0 aliphatic carbocycles. The Bertz CT molecular complexity index is 1100. The number of rotatable bonds is 7. The molecule has 0 amide bonds. The number of non-ortho nitro benzene ring substituents is 3. The third kappa shape index (κ3) is 13.6. The van der Waals surface area contributed by atoms with E-state index in [2.05, 4.69) is 20.8 Å². The second kappa shape index (κ2) is 16.4. The number of thioether (sulfide) groups is 1. The summed E-state index contributed by atoms with van der Waals surface area (Å²) in [7, 11) is 2.86. The van der Waals surface area contributed by atoms with Crippen molar-refractivity contribution in [3.05, 3.63) is 103 Å². The van der Waals surface area contributed by atoms with E-state index in [0.717, 1.165) is 14.7 Å². The van der Waals surface area contributed by atoms with Crippen LogP contribution in [-0.4, -0.2) is 24.9 Å². The first-order valence-electron chi connectivity index (χ1n) is 10.2. The molecule has 0 aromatic heterocycles. The molecule has 0 aliphatic rings. The summed E-state index contributed by atoms with van der Waals surface area (Å²) < 4.78 is 0.135. The minimum absolute atomic E-state index is 0.0506. The monoisotopic (exact) mass is 603 g/mol. The van der Waals surface area contributed by atoms with Crippen molar-refractivity contribution in [2.45, 2.75) is 40.2 Å². The third-order valence-electron chi connectivity index (χ3n) is 3.80. The zero-order chi connectivity index (χ0) is 28.0. The second-order valence-corrected chi connectivity index (χ2v) is 12.7. The van der Waals surface area contributed by atoms with Gasteiger partial charge >= 0.3 is 0 Å². The van der Waals surface area contributed by atoms with Crippen LogP contribution >= 0.6 is 56.6 Å². The number of alkyl halides is 2. The molecule has 37 heavy (non-hydrogen) atoms. The number of hydrogen-bond acceptors (Lipinski definition) is 9. The van der Waals surface area contributed by atoms with Crippen LogP contribution in [0, 0.1) is 30.3 Å². The predicted molar refractivity (Wildman–Crippen MR) is 153 cm³/mol. The Morgan fingerprint density at radius 1 is 0.595 bits per heavy atom. The van der Waals surface area contributed by atoms with Gasteiger partial charge in [0.25, 0.3) is 17.1 Å². The summed E-state index contributed by atoms with van der Waals surface area (Å²) in [5.74, 6) is 0. The van der Waals surface area contributed by atoms with Crippen LogP contribution in [0.5, 0.6) is 0 Å². The highest BCUT2D eigenvalue weighted by Crippen LogP contribution is 2.38. The van der Waals surface area contributed by atoms with Gasteiger partial charge in [-0.25, -0.2) is 0 Å². The highest BCUT2D eigenvalue weighted by atomic mass is 35.5. The molecule has 0 saturated carbocycles. The van der Waals surface area contributed by atoms with E-state index in [1.165, 1.54) is 58.0 Å². The molecule has 198 valence electrons. The molecule has 9 nitrogen and oxygen atoms in total. The number of nitro groups is 3. The summed E-state index contributed by atoms with van der Waals surface area (Å²) in [6, 6.07) is 19.1. The zero-order valence-electron chi connectivity index (χ0n) is 19.9. The summed E-state index contributed by atoms with van der Waals surface area (Å²) in [6.45, 7) is 6.33. The van der Waals surface area contributed by atoms with Crippen LogP contribution in [0.2, 0.25) is 0 Å². The van der Waals surface area contributed by atoms with Crippen molar-refractivity contribution in [1.29, 1.82) is 0 Å². The SMILES string of the molecule is CC(C)(C)Sc1ccc([N+](=O)[O-])cc1.ClCCl.O=[N+]([O-])c1ccc(SSc2ccc([N+](=O)[O-])cc2)cc1. The van der Waals surface area contributed by atoms with E-state index in [4.69, 9.17) is 23.2 Å². The van der Waals surface area contributed by atoms with Gasteiger partial charge in [0.15, 0.2) is 0 Å². The van der Waals surface area contributed by atoms with Gasteiger partial charge in [-0.2, -0.15) is 0 Å². The maximum absolute atomic E-state index is 10.5. The summed E-state index contributed by atoms with van der Waals surface area (Å²) in [4.78, 5) is 33.0. The van der Waals surface area contributed by atoms with E-state index in [0.29, 0.717) is 0 Å². The van der Waals surface area contributed by atoms with E-state index >= 15 is 0 Å². The van der Waals surface area contributed by atoms with Crippen LogP contribution in [0.4, 0.5) is 17.1 Å². The molecular formula is C23H23Cl2N3O6S3. The fraction of sp³-hybridized carbons (Fsp3) is 0.217. The fourth-order valence-corrected chi connectivity index (χ4v) is 5.24. The molecule has 14 heteroatoms.